The number of hydrogen-bond acceptors (Lipinski definition) is 1. The Morgan fingerprint density at radius 2 is 1.71 bits per heavy atom. The zero-order chi connectivity index (χ0) is 15.9. The zero-order valence-corrected chi connectivity index (χ0v) is 13.9. The number of aryl methyl sites for hydroxylation is 1. The molecule has 112 valence electrons. The standard InChI is InChI=1S/C15H13Cl3FNO/c1-7-4-11(15(21)8(2)16)9(3)20(7)10-5-12(17)14(19)13(18)6-10/h4-6,8H,1-3H3. The molecule has 1 atom stereocenters. The number of alkyl halides is 1. The van der Waals surface area contributed by atoms with Crippen LogP contribution in [-0.4, -0.2) is 15.7 Å². The quantitative estimate of drug-likeness (QED) is 0.416. The van der Waals surface area contributed by atoms with Crippen LogP contribution in [0.2, 0.25) is 10.0 Å². The van der Waals surface area contributed by atoms with Crippen molar-refractivity contribution >= 4 is 40.6 Å². The summed E-state index contributed by atoms with van der Waals surface area (Å²) < 4.78 is 15.3. The van der Waals surface area contributed by atoms with Gasteiger partial charge in [0.15, 0.2) is 11.6 Å². The molecule has 0 amide bonds. The van der Waals surface area contributed by atoms with E-state index in [1.54, 1.807) is 24.5 Å². The fraction of sp³-hybridized carbons (Fsp3) is 0.267. The smallest absolute Gasteiger partial charge is 0.182 e. The molecular weight excluding hydrogens is 336 g/mol. The van der Waals surface area contributed by atoms with Gasteiger partial charge >= 0.3 is 0 Å². The molecule has 0 N–H and O–H groups in total. The molecule has 1 aromatic carbocycles. The van der Waals surface area contributed by atoms with E-state index in [4.69, 9.17) is 34.8 Å². The molecule has 2 aromatic rings. The lowest BCUT2D eigenvalue weighted by molar-refractivity contribution is 0.0991. The summed E-state index contributed by atoms with van der Waals surface area (Å²) in [6.45, 7) is 5.26. The Balaban J connectivity index is 2.63. The van der Waals surface area contributed by atoms with Crippen LogP contribution in [0.4, 0.5) is 4.39 Å². The van der Waals surface area contributed by atoms with E-state index in [2.05, 4.69) is 0 Å². The molecule has 0 radical (unpaired) electrons. The van der Waals surface area contributed by atoms with Crippen LogP contribution in [0.1, 0.15) is 28.7 Å². The summed E-state index contributed by atoms with van der Waals surface area (Å²) in [4.78, 5) is 12.1. The van der Waals surface area contributed by atoms with Crippen LogP contribution >= 0.6 is 34.8 Å². The second-order valence-corrected chi connectivity index (χ2v) is 6.29. The van der Waals surface area contributed by atoms with E-state index in [1.807, 2.05) is 6.92 Å². The van der Waals surface area contributed by atoms with Gasteiger partial charge in [0.05, 0.1) is 15.4 Å². The maximum absolute atomic E-state index is 13.5. The fourth-order valence-corrected chi connectivity index (χ4v) is 2.89. The van der Waals surface area contributed by atoms with E-state index < -0.39 is 11.2 Å². The number of ketones is 1. The first-order chi connectivity index (χ1) is 9.73. The maximum Gasteiger partial charge on any atom is 0.182 e. The summed E-state index contributed by atoms with van der Waals surface area (Å²) >= 11 is 17.5. The number of hydrogen-bond donors (Lipinski definition) is 0. The molecule has 0 saturated carbocycles. The minimum absolute atomic E-state index is 0.0661. The third-order valence-corrected chi connectivity index (χ3v) is 4.03. The highest BCUT2D eigenvalue weighted by atomic mass is 35.5. The SMILES string of the molecule is Cc1cc(C(=O)C(C)Cl)c(C)n1-c1cc(Cl)c(F)c(Cl)c1. The van der Waals surface area contributed by atoms with Gasteiger partial charge in [0.25, 0.3) is 0 Å². The third-order valence-electron chi connectivity index (χ3n) is 3.28. The lowest BCUT2D eigenvalue weighted by Crippen LogP contribution is -2.11. The van der Waals surface area contributed by atoms with Crippen LogP contribution in [0, 0.1) is 19.7 Å². The highest BCUT2D eigenvalue weighted by Gasteiger charge is 2.20. The van der Waals surface area contributed by atoms with Crippen molar-refractivity contribution in [2.75, 3.05) is 0 Å². The molecule has 0 spiro atoms. The molecule has 1 heterocycles. The molecular formula is C15H13Cl3FNO. The number of nitrogens with zero attached hydrogens (tertiary/aromatic N) is 1. The number of carbonyl (C=O) groups is 1. The van der Waals surface area contributed by atoms with E-state index >= 15 is 0 Å². The number of halogens is 4. The van der Waals surface area contributed by atoms with Gasteiger partial charge in [-0.1, -0.05) is 23.2 Å². The van der Waals surface area contributed by atoms with E-state index in [0.717, 1.165) is 5.69 Å². The summed E-state index contributed by atoms with van der Waals surface area (Å²) in [6.07, 6.45) is 0. The van der Waals surface area contributed by atoms with Crippen molar-refractivity contribution in [1.29, 1.82) is 0 Å². The Bertz CT molecular complexity index is 699. The van der Waals surface area contributed by atoms with E-state index in [0.29, 0.717) is 16.9 Å². The third kappa shape index (κ3) is 2.96. The van der Waals surface area contributed by atoms with Gasteiger partial charge in [-0.3, -0.25) is 4.79 Å². The van der Waals surface area contributed by atoms with Crippen molar-refractivity contribution in [3.8, 4) is 5.69 Å². The predicted octanol–water partition coefficient (Wildman–Crippen LogP) is 5.35. The van der Waals surface area contributed by atoms with Crippen LogP contribution in [0.5, 0.6) is 0 Å². The molecule has 0 aliphatic carbocycles. The Morgan fingerprint density at radius 1 is 1.19 bits per heavy atom. The first kappa shape index (κ1) is 16.3. The topological polar surface area (TPSA) is 22.0 Å². The molecule has 1 unspecified atom stereocenters. The molecule has 0 fully saturated rings. The van der Waals surface area contributed by atoms with E-state index in [1.165, 1.54) is 12.1 Å². The molecule has 2 rings (SSSR count). The molecule has 0 bridgehead atoms. The summed E-state index contributed by atoms with van der Waals surface area (Å²) in [5.41, 5.74) is 2.66. The average molecular weight is 349 g/mol. The zero-order valence-electron chi connectivity index (χ0n) is 11.7. The first-order valence-electron chi connectivity index (χ1n) is 6.26. The van der Waals surface area contributed by atoms with Crippen molar-refractivity contribution in [2.45, 2.75) is 26.1 Å². The van der Waals surface area contributed by atoms with Crippen molar-refractivity contribution in [3.63, 3.8) is 0 Å². The predicted molar refractivity (Wildman–Crippen MR) is 84.9 cm³/mol. The Hall–Kier alpha value is -1.03. The monoisotopic (exact) mass is 347 g/mol. The van der Waals surface area contributed by atoms with Crippen LogP contribution < -0.4 is 0 Å². The second-order valence-electron chi connectivity index (χ2n) is 4.82. The summed E-state index contributed by atoms with van der Waals surface area (Å²) in [7, 11) is 0. The lowest BCUT2D eigenvalue weighted by atomic mass is 10.1. The van der Waals surface area contributed by atoms with Crippen LogP contribution in [0.25, 0.3) is 5.69 Å². The van der Waals surface area contributed by atoms with Gasteiger partial charge in [0.1, 0.15) is 0 Å². The van der Waals surface area contributed by atoms with Gasteiger partial charge in [-0.2, -0.15) is 0 Å². The van der Waals surface area contributed by atoms with Gasteiger partial charge in [0, 0.05) is 22.6 Å². The van der Waals surface area contributed by atoms with Crippen LogP contribution in [0.3, 0.4) is 0 Å². The molecule has 0 aliphatic heterocycles. The van der Waals surface area contributed by atoms with Gasteiger partial charge in [-0.15, -0.1) is 11.6 Å². The Kier molecular flexibility index (Phi) is 4.66. The molecule has 2 nitrogen and oxygen atoms in total. The Morgan fingerprint density at radius 3 is 2.19 bits per heavy atom. The average Bonchev–Trinajstić information content (AvgIpc) is 2.69. The molecule has 21 heavy (non-hydrogen) atoms. The molecule has 0 aliphatic rings. The van der Waals surface area contributed by atoms with Crippen molar-refractivity contribution < 1.29 is 9.18 Å². The summed E-state index contributed by atoms with van der Waals surface area (Å²) in [5, 5.41) is -0.744. The summed E-state index contributed by atoms with van der Waals surface area (Å²) in [5.74, 6) is -0.814. The van der Waals surface area contributed by atoms with Gasteiger partial charge < -0.3 is 4.57 Å². The fourth-order valence-electron chi connectivity index (χ4n) is 2.30. The van der Waals surface area contributed by atoms with Crippen LogP contribution in [0.15, 0.2) is 18.2 Å². The summed E-state index contributed by atoms with van der Waals surface area (Å²) in [6, 6.07) is 4.70. The number of rotatable bonds is 3. The van der Waals surface area contributed by atoms with Crippen molar-refractivity contribution in [2.24, 2.45) is 0 Å². The van der Waals surface area contributed by atoms with Crippen molar-refractivity contribution in [3.05, 3.63) is 51.0 Å². The highest BCUT2D eigenvalue weighted by Crippen LogP contribution is 2.30. The highest BCUT2D eigenvalue weighted by molar-refractivity contribution is 6.35. The number of carbonyl (C=O) groups excluding carboxylic acids is 1. The molecule has 1 aromatic heterocycles. The van der Waals surface area contributed by atoms with Gasteiger partial charge in [-0.25, -0.2) is 4.39 Å². The van der Waals surface area contributed by atoms with Crippen molar-refractivity contribution in [1.82, 2.24) is 4.57 Å². The van der Waals surface area contributed by atoms with Gasteiger partial charge in [-0.05, 0) is 39.0 Å². The minimum Gasteiger partial charge on any atom is -0.318 e. The lowest BCUT2D eigenvalue weighted by Gasteiger charge is -2.12. The van der Waals surface area contributed by atoms with E-state index in [9.17, 15) is 9.18 Å². The molecule has 6 heteroatoms. The van der Waals surface area contributed by atoms with Gasteiger partial charge in [0.2, 0.25) is 0 Å². The largest absolute Gasteiger partial charge is 0.318 e. The Labute approximate surface area is 137 Å². The first-order valence-corrected chi connectivity index (χ1v) is 7.45. The van der Waals surface area contributed by atoms with E-state index in [-0.39, 0.29) is 15.8 Å². The normalized spacial score (nSPS) is 12.5. The second kappa shape index (κ2) is 5.99. The molecule has 0 saturated heterocycles. The minimum atomic E-state index is -0.657. The number of benzene rings is 1. The number of Topliss-reactive ketones (excluding diaryl/α,β-unsaturated/α-hetero) is 1. The number of aromatic nitrogens is 1. The van der Waals surface area contributed by atoms with Crippen LogP contribution in [-0.2, 0) is 0 Å². The maximum atomic E-state index is 13.5.